The lowest BCUT2D eigenvalue weighted by Crippen LogP contribution is -2.16. The van der Waals surface area contributed by atoms with Crippen LogP contribution in [0.25, 0.3) is 5.65 Å². The van der Waals surface area contributed by atoms with Gasteiger partial charge in [-0.3, -0.25) is 9.20 Å². The molecule has 2 heterocycles. The van der Waals surface area contributed by atoms with E-state index in [2.05, 4.69) is 4.98 Å². The van der Waals surface area contributed by atoms with Crippen molar-refractivity contribution in [2.45, 2.75) is 13.2 Å². The van der Waals surface area contributed by atoms with E-state index in [1.807, 2.05) is 12.1 Å². The van der Waals surface area contributed by atoms with Gasteiger partial charge >= 0.3 is 5.97 Å². The Hall–Kier alpha value is -3.64. The molecule has 7 heteroatoms. The van der Waals surface area contributed by atoms with Gasteiger partial charge in [-0.05, 0) is 42.0 Å². The molecule has 0 aliphatic heterocycles. The lowest BCUT2D eigenvalue weighted by Gasteiger charge is -2.11. The first-order valence-corrected chi connectivity index (χ1v) is 9.59. The maximum atomic E-state index is 12.6. The van der Waals surface area contributed by atoms with Gasteiger partial charge in [-0.15, -0.1) is 0 Å². The lowest BCUT2D eigenvalue weighted by molar-refractivity contribution is 0.0462. The van der Waals surface area contributed by atoms with Crippen LogP contribution < -0.4 is 10.3 Å². The molecular weight excluding hydrogens is 404 g/mol. The third-order valence-electron chi connectivity index (χ3n) is 4.39. The molecule has 0 bridgehead atoms. The summed E-state index contributed by atoms with van der Waals surface area (Å²) >= 11 is 5.89. The van der Waals surface area contributed by atoms with Gasteiger partial charge in [0.2, 0.25) is 0 Å². The van der Waals surface area contributed by atoms with E-state index in [1.54, 1.807) is 60.8 Å². The summed E-state index contributed by atoms with van der Waals surface area (Å²) in [6.07, 6.45) is 1.63. The molecule has 6 nitrogen and oxygen atoms in total. The van der Waals surface area contributed by atoms with Gasteiger partial charge in [0, 0.05) is 17.3 Å². The van der Waals surface area contributed by atoms with Crippen LogP contribution in [0.2, 0.25) is 5.02 Å². The van der Waals surface area contributed by atoms with E-state index in [9.17, 15) is 9.59 Å². The predicted molar refractivity (Wildman–Crippen MR) is 113 cm³/mol. The minimum Gasteiger partial charge on any atom is -0.488 e. The van der Waals surface area contributed by atoms with E-state index in [0.717, 1.165) is 5.56 Å². The number of hydrogen-bond acceptors (Lipinski definition) is 5. The number of ether oxygens (including phenoxy) is 2. The van der Waals surface area contributed by atoms with Crippen LogP contribution in [-0.2, 0) is 18.0 Å². The Kier molecular flexibility index (Phi) is 5.77. The molecule has 2 aromatic carbocycles. The molecule has 0 saturated heterocycles. The molecule has 30 heavy (non-hydrogen) atoms. The average Bonchev–Trinajstić information content (AvgIpc) is 2.77. The summed E-state index contributed by atoms with van der Waals surface area (Å²) < 4.78 is 12.6. The molecule has 0 radical (unpaired) electrons. The summed E-state index contributed by atoms with van der Waals surface area (Å²) in [7, 11) is 0. The van der Waals surface area contributed by atoms with Crippen LogP contribution in [0, 0.1) is 0 Å². The fraction of sp³-hybridized carbons (Fsp3) is 0.0870. The number of para-hydroxylation sites is 1. The van der Waals surface area contributed by atoms with Crippen LogP contribution in [0.5, 0.6) is 5.75 Å². The van der Waals surface area contributed by atoms with E-state index in [-0.39, 0.29) is 18.8 Å². The molecule has 0 N–H and O–H groups in total. The molecule has 4 aromatic rings. The highest BCUT2D eigenvalue weighted by Crippen LogP contribution is 2.21. The van der Waals surface area contributed by atoms with Crippen molar-refractivity contribution in [2.75, 3.05) is 0 Å². The van der Waals surface area contributed by atoms with Crippen molar-refractivity contribution in [1.82, 2.24) is 9.38 Å². The topological polar surface area (TPSA) is 69.9 Å². The third kappa shape index (κ3) is 4.50. The Morgan fingerprint density at radius 1 is 0.967 bits per heavy atom. The number of carbonyl (C=O) groups excluding carboxylic acids is 1. The minimum absolute atomic E-state index is 0.120. The van der Waals surface area contributed by atoms with Gasteiger partial charge in [-0.2, -0.15) is 0 Å². The highest BCUT2D eigenvalue weighted by atomic mass is 35.5. The fourth-order valence-corrected chi connectivity index (χ4v) is 3.02. The molecule has 2 aromatic heterocycles. The summed E-state index contributed by atoms with van der Waals surface area (Å²) in [5, 5.41) is 0.643. The number of hydrogen-bond donors (Lipinski definition) is 0. The van der Waals surface area contributed by atoms with Crippen molar-refractivity contribution < 1.29 is 14.3 Å². The zero-order chi connectivity index (χ0) is 20.9. The van der Waals surface area contributed by atoms with Gasteiger partial charge in [0.25, 0.3) is 5.56 Å². The normalized spacial score (nSPS) is 10.7. The summed E-state index contributed by atoms with van der Waals surface area (Å²) in [6, 6.07) is 20.7. The van der Waals surface area contributed by atoms with Gasteiger partial charge in [-0.1, -0.05) is 41.9 Å². The van der Waals surface area contributed by atoms with Crippen LogP contribution in [0.3, 0.4) is 0 Å². The molecule has 150 valence electrons. The van der Waals surface area contributed by atoms with Gasteiger partial charge in [0.1, 0.15) is 30.2 Å². The van der Waals surface area contributed by atoms with Crippen molar-refractivity contribution in [3.8, 4) is 5.75 Å². The molecule has 0 amide bonds. The number of carbonyl (C=O) groups is 1. The Morgan fingerprint density at radius 3 is 2.57 bits per heavy atom. The minimum atomic E-state index is -0.559. The maximum Gasteiger partial charge on any atom is 0.342 e. The number of halogens is 1. The Balaban J connectivity index is 1.46. The summed E-state index contributed by atoms with van der Waals surface area (Å²) in [5.74, 6) is -0.152. The van der Waals surface area contributed by atoms with Crippen molar-refractivity contribution in [1.29, 1.82) is 0 Å². The first kappa shape index (κ1) is 19.7. The number of rotatable bonds is 6. The molecule has 0 atom stereocenters. The summed E-state index contributed by atoms with van der Waals surface area (Å²) in [4.78, 5) is 29.1. The summed E-state index contributed by atoms with van der Waals surface area (Å²) in [6.45, 7) is 0.162. The number of pyridine rings is 1. The molecule has 0 fully saturated rings. The van der Waals surface area contributed by atoms with Gasteiger partial charge < -0.3 is 9.47 Å². The van der Waals surface area contributed by atoms with Crippen LogP contribution in [-0.4, -0.2) is 15.4 Å². The molecule has 0 unspecified atom stereocenters. The van der Waals surface area contributed by atoms with Crippen molar-refractivity contribution in [3.63, 3.8) is 0 Å². The predicted octanol–water partition coefficient (Wildman–Crippen LogP) is 4.28. The van der Waals surface area contributed by atoms with Crippen molar-refractivity contribution in [3.05, 3.63) is 111 Å². The summed E-state index contributed by atoms with van der Waals surface area (Å²) in [5.41, 5.74) is 1.84. The standard InChI is InChI=1S/C23H17ClN2O4/c24-17-10-8-16(9-11-17)14-29-20-6-2-1-5-19(20)23(28)30-15-18-13-22(27)26-12-4-3-7-21(26)25-18/h1-13H,14-15H2. The molecule has 4 rings (SSSR count). The van der Waals surface area contributed by atoms with E-state index < -0.39 is 5.97 Å². The highest BCUT2D eigenvalue weighted by molar-refractivity contribution is 6.30. The van der Waals surface area contributed by atoms with E-state index in [4.69, 9.17) is 21.1 Å². The average molecular weight is 421 g/mol. The third-order valence-corrected chi connectivity index (χ3v) is 4.64. The largest absolute Gasteiger partial charge is 0.488 e. The molecule has 0 aliphatic carbocycles. The van der Waals surface area contributed by atoms with Crippen molar-refractivity contribution >= 4 is 23.2 Å². The van der Waals surface area contributed by atoms with Crippen molar-refractivity contribution in [2.24, 2.45) is 0 Å². The zero-order valence-corrected chi connectivity index (χ0v) is 16.6. The second kappa shape index (κ2) is 8.80. The van der Waals surface area contributed by atoms with Crippen LogP contribution >= 0.6 is 11.6 Å². The van der Waals surface area contributed by atoms with E-state index in [1.165, 1.54) is 10.5 Å². The second-order valence-electron chi connectivity index (χ2n) is 6.50. The first-order chi connectivity index (χ1) is 14.6. The zero-order valence-electron chi connectivity index (χ0n) is 15.8. The number of aromatic nitrogens is 2. The highest BCUT2D eigenvalue weighted by Gasteiger charge is 2.15. The second-order valence-corrected chi connectivity index (χ2v) is 6.94. The molecule has 0 aliphatic rings. The maximum absolute atomic E-state index is 12.6. The monoisotopic (exact) mass is 420 g/mol. The van der Waals surface area contributed by atoms with E-state index >= 15 is 0 Å². The Bertz CT molecular complexity index is 1250. The molecule has 0 spiro atoms. The van der Waals surface area contributed by atoms with E-state index in [0.29, 0.717) is 27.7 Å². The fourth-order valence-electron chi connectivity index (χ4n) is 2.90. The Labute approximate surface area is 177 Å². The molecule has 0 saturated carbocycles. The Morgan fingerprint density at radius 2 is 1.73 bits per heavy atom. The SMILES string of the molecule is O=C(OCc1cc(=O)n2ccccc2n1)c1ccccc1OCc1ccc(Cl)cc1. The van der Waals surface area contributed by atoms with Gasteiger partial charge in [-0.25, -0.2) is 9.78 Å². The number of benzene rings is 2. The number of fused-ring (bicyclic) bond motifs is 1. The molecular formula is C23H17ClN2O4. The number of nitrogens with zero attached hydrogens (tertiary/aromatic N) is 2. The van der Waals surface area contributed by atoms with Gasteiger partial charge in [0.15, 0.2) is 0 Å². The number of esters is 1. The van der Waals surface area contributed by atoms with Crippen LogP contribution in [0.4, 0.5) is 0 Å². The smallest absolute Gasteiger partial charge is 0.342 e. The van der Waals surface area contributed by atoms with Crippen LogP contribution in [0.15, 0.2) is 83.8 Å². The van der Waals surface area contributed by atoms with Gasteiger partial charge in [0.05, 0.1) is 5.69 Å². The van der Waals surface area contributed by atoms with Crippen LogP contribution in [0.1, 0.15) is 21.6 Å². The first-order valence-electron chi connectivity index (χ1n) is 9.21. The lowest BCUT2D eigenvalue weighted by atomic mass is 10.2. The quantitative estimate of drug-likeness (QED) is 0.435.